The van der Waals surface area contributed by atoms with Crippen molar-refractivity contribution in [1.29, 1.82) is 0 Å². The highest BCUT2D eigenvalue weighted by Crippen LogP contribution is 2.13. The molecule has 18 heavy (non-hydrogen) atoms. The topological polar surface area (TPSA) is 111 Å². The lowest BCUT2D eigenvalue weighted by Crippen LogP contribution is -2.14. The molecule has 0 amide bonds. The van der Waals surface area contributed by atoms with Crippen LogP contribution in [0.2, 0.25) is 0 Å². The monoisotopic (exact) mass is 267 g/mol. The number of nitrogen functional groups attached to an aromatic ring is 1. The molecule has 8 nitrogen and oxygen atoms in total. The second-order valence-corrected chi connectivity index (χ2v) is 4.29. The van der Waals surface area contributed by atoms with E-state index >= 15 is 0 Å². The summed E-state index contributed by atoms with van der Waals surface area (Å²) in [4.78, 5) is 16.3. The minimum absolute atomic E-state index is 0.191. The number of hydrogen-bond donors (Lipinski definition) is 3. The molecular formula is C9H13N7OS. The summed E-state index contributed by atoms with van der Waals surface area (Å²) in [5.74, 6) is 5.87. The Morgan fingerprint density at radius 2 is 2.06 bits per heavy atom. The van der Waals surface area contributed by atoms with Crippen molar-refractivity contribution >= 4 is 23.2 Å². The molecule has 2 rings (SSSR count). The standard InChI is InChI=1S/C9H13N7OS/c1-5-4-18-6(12-5)3-11-7-13-8(16-10)15-9(14-7)17-2/h4H,3,10H2,1-2H3,(H2,11,13,14,15,16). The molecule has 2 heterocycles. The van der Waals surface area contributed by atoms with Gasteiger partial charge in [-0.1, -0.05) is 0 Å². The number of ether oxygens (including phenoxy) is 1. The maximum Gasteiger partial charge on any atom is 0.322 e. The van der Waals surface area contributed by atoms with Crippen molar-refractivity contribution in [3.8, 4) is 6.01 Å². The maximum atomic E-state index is 5.26. The van der Waals surface area contributed by atoms with Gasteiger partial charge in [0.05, 0.1) is 13.7 Å². The molecule has 0 aromatic carbocycles. The van der Waals surface area contributed by atoms with Crippen LogP contribution in [0.15, 0.2) is 5.38 Å². The van der Waals surface area contributed by atoms with Crippen molar-refractivity contribution < 1.29 is 4.74 Å². The van der Waals surface area contributed by atoms with Gasteiger partial charge in [-0.25, -0.2) is 10.8 Å². The van der Waals surface area contributed by atoms with Gasteiger partial charge in [0.2, 0.25) is 11.9 Å². The molecule has 0 aliphatic carbocycles. The van der Waals surface area contributed by atoms with E-state index in [9.17, 15) is 0 Å². The normalized spacial score (nSPS) is 10.2. The van der Waals surface area contributed by atoms with Crippen LogP contribution in [0.5, 0.6) is 6.01 Å². The Balaban J connectivity index is 2.08. The van der Waals surface area contributed by atoms with Crippen LogP contribution in [-0.4, -0.2) is 27.0 Å². The Labute approximate surface area is 108 Å². The zero-order valence-electron chi connectivity index (χ0n) is 9.97. The fourth-order valence-electron chi connectivity index (χ4n) is 1.23. The first kappa shape index (κ1) is 12.5. The summed E-state index contributed by atoms with van der Waals surface area (Å²) in [6.07, 6.45) is 0. The zero-order valence-corrected chi connectivity index (χ0v) is 10.8. The van der Waals surface area contributed by atoms with Crippen LogP contribution in [0.3, 0.4) is 0 Å². The van der Waals surface area contributed by atoms with Crippen LogP contribution in [0.1, 0.15) is 10.7 Å². The zero-order chi connectivity index (χ0) is 13.0. The van der Waals surface area contributed by atoms with E-state index in [0.717, 1.165) is 10.7 Å². The smallest absolute Gasteiger partial charge is 0.322 e. The maximum absolute atomic E-state index is 5.26. The van der Waals surface area contributed by atoms with Crippen LogP contribution in [0.4, 0.5) is 11.9 Å². The molecule has 4 N–H and O–H groups in total. The molecule has 2 aromatic rings. The Kier molecular flexibility index (Phi) is 3.85. The molecule has 2 aromatic heterocycles. The van der Waals surface area contributed by atoms with E-state index in [-0.39, 0.29) is 12.0 Å². The average molecular weight is 267 g/mol. The van der Waals surface area contributed by atoms with Crippen molar-refractivity contribution in [1.82, 2.24) is 19.9 Å². The van der Waals surface area contributed by atoms with Crippen LogP contribution < -0.4 is 21.3 Å². The van der Waals surface area contributed by atoms with E-state index in [1.165, 1.54) is 7.11 Å². The third-order valence-electron chi connectivity index (χ3n) is 1.99. The van der Waals surface area contributed by atoms with Gasteiger partial charge >= 0.3 is 6.01 Å². The van der Waals surface area contributed by atoms with Crippen LogP contribution in [0, 0.1) is 6.92 Å². The fourth-order valence-corrected chi connectivity index (χ4v) is 1.94. The molecule has 0 unspecified atom stereocenters. The lowest BCUT2D eigenvalue weighted by molar-refractivity contribution is 0.379. The number of thiazole rings is 1. The summed E-state index contributed by atoms with van der Waals surface area (Å²) in [6, 6.07) is 0.191. The number of aryl methyl sites for hydroxylation is 1. The predicted molar refractivity (Wildman–Crippen MR) is 68.4 cm³/mol. The van der Waals surface area contributed by atoms with Gasteiger partial charge in [0.25, 0.3) is 0 Å². The first-order valence-corrected chi connectivity index (χ1v) is 6.01. The number of nitrogens with one attached hydrogen (secondary N) is 2. The lowest BCUT2D eigenvalue weighted by Gasteiger charge is -2.06. The third kappa shape index (κ3) is 3.02. The summed E-state index contributed by atoms with van der Waals surface area (Å²) in [5.41, 5.74) is 3.34. The second kappa shape index (κ2) is 5.56. The number of methoxy groups -OCH3 is 1. The van der Waals surface area contributed by atoms with E-state index in [1.54, 1.807) is 11.3 Å². The molecule has 0 aliphatic rings. The van der Waals surface area contributed by atoms with E-state index < -0.39 is 0 Å². The van der Waals surface area contributed by atoms with Gasteiger partial charge in [-0.2, -0.15) is 15.0 Å². The van der Waals surface area contributed by atoms with Crippen molar-refractivity contribution in [3.05, 3.63) is 16.1 Å². The molecule has 0 radical (unpaired) electrons. The molecule has 0 fully saturated rings. The number of aromatic nitrogens is 4. The molecule has 0 saturated carbocycles. The van der Waals surface area contributed by atoms with Gasteiger partial charge in [0.1, 0.15) is 5.01 Å². The molecule has 0 atom stereocenters. The van der Waals surface area contributed by atoms with Crippen molar-refractivity contribution in [3.63, 3.8) is 0 Å². The summed E-state index contributed by atoms with van der Waals surface area (Å²) in [6.45, 7) is 2.48. The van der Waals surface area contributed by atoms with Crippen LogP contribution in [0.25, 0.3) is 0 Å². The number of hydrogen-bond acceptors (Lipinski definition) is 9. The summed E-state index contributed by atoms with van der Waals surface area (Å²) < 4.78 is 4.94. The van der Waals surface area contributed by atoms with Crippen LogP contribution in [-0.2, 0) is 6.54 Å². The Morgan fingerprint density at radius 1 is 1.28 bits per heavy atom. The SMILES string of the molecule is COc1nc(NN)nc(NCc2nc(C)cs2)n1. The fraction of sp³-hybridized carbons (Fsp3) is 0.333. The largest absolute Gasteiger partial charge is 0.467 e. The van der Waals surface area contributed by atoms with Crippen LogP contribution >= 0.6 is 11.3 Å². The minimum Gasteiger partial charge on any atom is -0.467 e. The Morgan fingerprint density at radius 3 is 2.67 bits per heavy atom. The van der Waals surface area contributed by atoms with Crippen molar-refractivity contribution in [2.75, 3.05) is 17.9 Å². The van der Waals surface area contributed by atoms with Gasteiger partial charge in [0, 0.05) is 11.1 Å². The second-order valence-electron chi connectivity index (χ2n) is 3.35. The highest BCUT2D eigenvalue weighted by Gasteiger charge is 2.06. The highest BCUT2D eigenvalue weighted by atomic mass is 32.1. The van der Waals surface area contributed by atoms with Gasteiger partial charge in [-0.05, 0) is 6.92 Å². The summed E-state index contributed by atoms with van der Waals surface area (Å²) in [7, 11) is 1.48. The van der Waals surface area contributed by atoms with Crippen molar-refractivity contribution in [2.24, 2.45) is 5.84 Å². The highest BCUT2D eigenvalue weighted by molar-refractivity contribution is 7.09. The predicted octanol–water partition coefficient (Wildman–Crippen LogP) is 0.543. The van der Waals surface area contributed by atoms with Gasteiger partial charge < -0.3 is 10.1 Å². The van der Waals surface area contributed by atoms with E-state index in [4.69, 9.17) is 10.6 Å². The molecule has 0 aliphatic heterocycles. The van der Waals surface area contributed by atoms with Gasteiger partial charge in [-0.3, -0.25) is 5.43 Å². The third-order valence-corrected chi connectivity index (χ3v) is 2.96. The quantitative estimate of drug-likeness (QED) is 0.532. The van der Waals surface area contributed by atoms with E-state index in [0.29, 0.717) is 12.5 Å². The van der Waals surface area contributed by atoms with E-state index in [2.05, 4.69) is 30.7 Å². The minimum atomic E-state index is 0.191. The Hall–Kier alpha value is -2.00. The number of hydrazine groups is 1. The van der Waals surface area contributed by atoms with Gasteiger partial charge in [0.15, 0.2) is 0 Å². The number of nitrogens with two attached hydrogens (primary N) is 1. The number of nitrogens with zero attached hydrogens (tertiary/aromatic N) is 4. The number of anilines is 2. The average Bonchev–Trinajstić information content (AvgIpc) is 2.81. The number of rotatable bonds is 5. The molecule has 0 bridgehead atoms. The molecular weight excluding hydrogens is 254 g/mol. The molecule has 9 heteroatoms. The first-order valence-electron chi connectivity index (χ1n) is 5.13. The molecule has 0 spiro atoms. The molecule has 0 saturated heterocycles. The summed E-state index contributed by atoms with van der Waals surface area (Å²) in [5, 5.41) is 5.97. The van der Waals surface area contributed by atoms with E-state index in [1.807, 2.05) is 12.3 Å². The van der Waals surface area contributed by atoms with Gasteiger partial charge in [-0.15, -0.1) is 11.3 Å². The Bertz CT molecular complexity index is 507. The first-order chi connectivity index (χ1) is 8.71. The lowest BCUT2D eigenvalue weighted by atomic mass is 10.6. The molecule has 96 valence electrons. The summed E-state index contributed by atoms with van der Waals surface area (Å²) >= 11 is 1.57. The van der Waals surface area contributed by atoms with Crippen molar-refractivity contribution in [2.45, 2.75) is 13.5 Å².